The number of Topliss-reactive ketones (excluding diaryl/α,β-unsaturated/α-hetero) is 1. The van der Waals surface area contributed by atoms with Crippen molar-refractivity contribution in [3.8, 4) is 0 Å². The van der Waals surface area contributed by atoms with Crippen molar-refractivity contribution in [1.82, 2.24) is 4.90 Å². The lowest BCUT2D eigenvalue weighted by Gasteiger charge is -2.22. The molecule has 0 unspecified atom stereocenters. The summed E-state index contributed by atoms with van der Waals surface area (Å²) < 4.78 is 0.391. The van der Waals surface area contributed by atoms with Gasteiger partial charge in [0.1, 0.15) is 5.78 Å². The van der Waals surface area contributed by atoms with Gasteiger partial charge in [0.15, 0.2) is 0 Å². The van der Waals surface area contributed by atoms with Gasteiger partial charge in [0.2, 0.25) is 0 Å². The molecule has 15 heavy (non-hydrogen) atoms. The molecule has 0 aromatic rings. The van der Waals surface area contributed by atoms with Crippen LogP contribution in [-0.2, 0) is 4.79 Å². The van der Waals surface area contributed by atoms with Crippen molar-refractivity contribution >= 4 is 17.5 Å². The first kappa shape index (κ1) is 13.0. The van der Waals surface area contributed by atoms with E-state index in [-0.39, 0.29) is 0 Å². The maximum Gasteiger partial charge on any atom is 0.146 e. The smallest absolute Gasteiger partial charge is 0.146 e. The SMILES string of the molecule is CCCC(=O)CN1CCSC(C)(C)CC1. The molecule has 0 radical (unpaired) electrons. The molecule has 0 aromatic carbocycles. The van der Waals surface area contributed by atoms with Crippen LogP contribution in [0, 0.1) is 0 Å². The second kappa shape index (κ2) is 5.90. The molecule has 0 bridgehead atoms. The molecular weight excluding hydrogens is 206 g/mol. The van der Waals surface area contributed by atoms with Gasteiger partial charge in [-0.1, -0.05) is 20.8 Å². The van der Waals surface area contributed by atoms with E-state index < -0.39 is 0 Å². The Morgan fingerprint density at radius 2 is 2.13 bits per heavy atom. The van der Waals surface area contributed by atoms with E-state index in [0.29, 0.717) is 17.1 Å². The van der Waals surface area contributed by atoms with Gasteiger partial charge in [-0.05, 0) is 19.4 Å². The van der Waals surface area contributed by atoms with Gasteiger partial charge in [0.05, 0.1) is 6.54 Å². The molecule has 88 valence electrons. The predicted molar refractivity (Wildman–Crippen MR) is 67.5 cm³/mol. The zero-order valence-corrected chi connectivity index (χ0v) is 11.0. The third kappa shape index (κ3) is 5.03. The molecule has 1 aliphatic rings. The number of hydrogen-bond donors (Lipinski definition) is 0. The van der Waals surface area contributed by atoms with Crippen molar-refractivity contribution in [3.05, 3.63) is 0 Å². The van der Waals surface area contributed by atoms with Crippen molar-refractivity contribution in [2.75, 3.05) is 25.4 Å². The zero-order chi connectivity index (χ0) is 11.3. The number of nitrogens with zero attached hydrogens (tertiary/aromatic N) is 1. The first-order chi connectivity index (χ1) is 7.03. The number of ketones is 1. The number of thioether (sulfide) groups is 1. The Hall–Kier alpha value is -0.0200. The molecule has 0 amide bonds. The number of carbonyl (C=O) groups excluding carboxylic acids is 1. The second-order valence-corrected chi connectivity index (χ2v) is 6.73. The first-order valence-electron chi connectivity index (χ1n) is 5.91. The topological polar surface area (TPSA) is 20.3 Å². The quantitative estimate of drug-likeness (QED) is 0.739. The standard InChI is InChI=1S/C12H23NOS/c1-4-5-11(14)10-13-7-6-12(2,3)15-9-8-13/h4-10H2,1-3H3. The van der Waals surface area contributed by atoms with E-state index in [2.05, 4.69) is 25.7 Å². The highest BCUT2D eigenvalue weighted by Gasteiger charge is 2.24. The zero-order valence-electron chi connectivity index (χ0n) is 10.2. The third-order valence-electron chi connectivity index (χ3n) is 2.86. The fourth-order valence-electron chi connectivity index (χ4n) is 1.83. The van der Waals surface area contributed by atoms with Crippen molar-refractivity contribution in [2.45, 2.75) is 44.8 Å². The van der Waals surface area contributed by atoms with Crippen LogP contribution < -0.4 is 0 Å². The lowest BCUT2D eigenvalue weighted by Crippen LogP contribution is -2.32. The van der Waals surface area contributed by atoms with Crippen molar-refractivity contribution in [3.63, 3.8) is 0 Å². The van der Waals surface area contributed by atoms with Gasteiger partial charge in [0, 0.05) is 23.5 Å². The van der Waals surface area contributed by atoms with Crippen LogP contribution in [-0.4, -0.2) is 40.8 Å². The summed E-state index contributed by atoms with van der Waals surface area (Å²) in [4.78, 5) is 13.9. The summed E-state index contributed by atoms with van der Waals surface area (Å²) in [7, 11) is 0. The fraction of sp³-hybridized carbons (Fsp3) is 0.917. The minimum atomic E-state index is 0.391. The predicted octanol–water partition coefficient (Wildman–Crippen LogP) is 2.57. The van der Waals surface area contributed by atoms with E-state index >= 15 is 0 Å². The Labute approximate surface area is 97.8 Å². The summed E-state index contributed by atoms with van der Waals surface area (Å²) in [6.07, 6.45) is 2.91. The highest BCUT2D eigenvalue weighted by atomic mass is 32.2. The number of carbonyl (C=O) groups is 1. The van der Waals surface area contributed by atoms with Crippen LogP contribution >= 0.6 is 11.8 Å². The molecule has 2 nitrogen and oxygen atoms in total. The molecule has 3 heteroatoms. The van der Waals surface area contributed by atoms with E-state index in [9.17, 15) is 4.79 Å². The monoisotopic (exact) mass is 229 g/mol. The highest BCUT2D eigenvalue weighted by molar-refractivity contribution is 8.00. The summed E-state index contributed by atoms with van der Waals surface area (Å²) in [6, 6.07) is 0. The molecule has 0 saturated carbocycles. The fourth-order valence-corrected chi connectivity index (χ4v) is 2.97. The average molecular weight is 229 g/mol. The van der Waals surface area contributed by atoms with Gasteiger partial charge < -0.3 is 0 Å². The third-order valence-corrected chi connectivity index (χ3v) is 4.23. The van der Waals surface area contributed by atoms with Crippen LogP contribution in [0.1, 0.15) is 40.0 Å². The van der Waals surface area contributed by atoms with Crippen LogP contribution in [0.3, 0.4) is 0 Å². The minimum Gasteiger partial charge on any atom is -0.298 e. The van der Waals surface area contributed by atoms with E-state index in [1.807, 2.05) is 11.8 Å². The Bertz CT molecular complexity index is 216. The van der Waals surface area contributed by atoms with Crippen LogP contribution in [0.15, 0.2) is 0 Å². The first-order valence-corrected chi connectivity index (χ1v) is 6.90. The maximum absolute atomic E-state index is 11.5. The molecular formula is C12H23NOS. The van der Waals surface area contributed by atoms with Gasteiger partial charge in [0.25, 0.3) is 0 Å². The van der Waals surface area contributed by atoms with Gasteiger partial charge in [-0.25, -0.2) is 0 Å². The Morgan fingerprint density at radius 1 is 1.40 bits per heavy atom. The molecule has 1 rings (SSSR count). The molecule has 0 aromatic heterocycles. The van der Waals surface area contributed by atoms with Crippen LogP contribution in [0.2, 0.25) is 0 Å². The molecule has 0 aliphatic carbocycles. The largest absolute Gasteiger partial charge is 0.298 e. The van der Waals surface area contributed by atoms with Crippen molar-refractivity contribution < 1.29 is 4.79 Å². The molecule has 1 aliphatic heterocycles. The lowest BCUT2D eigenvalue weighted by atomic mass is 10.1. The second-order valence-electron chi connectivity index (χ2n) is 4.92. The van der Waals surface area contributed by atoms with Gasteiger partial charge in [-0.3, -0.25) is 9.69 Å². The summed E-state index contributed by atoms with van der Waals surface area (Å²) in [6.45, 7) is 9.49. The van der Waals surface area contributed by atoms with Crippen LogP contribution in [0.5, 0.6) is 0 Å². The minimum absolute atomic E-state index is 0.391. The number of hydrogen-bond acceptors (Lipinski definition) is 3. The van der Waals surface area contributed by atoms with Crippen LogP contribution in [0.4, 0.5) is 0 Å². The molecule has 0 spiro atoms. The molecule has 1 fully saturated rings. The molecule has 1 saturated heterocycles. The van der Waals surface area contributed by atoms with Crippen molar-refractivity contribution in [2.24, 2.45) is 0 Å². The van der Waals surface area contributed by atoms with Crippen molar-refractivity contribution in [1.29, 1.82) is 0 Å². The average Bonchev–Trinajstić information content (AvgIpc) is 2.28. The molecule has 0 atom stereocenters. The Morgan fingerprint density at radius 3 is 2.80 bits per heavy atom. The van der Waals surface area contributed by atoms with Gasteiger partial charge in [-0.15, -0.1) is 0 Å². The highest BCUT2D eigenvalue weighted by Crippen LogP contribution is 2.30. The van der Waals surface area contributed by atoms with Gasteiger partial charge in [-0.2, -0.15) is 11.8 Å². The maximum atomic E-state index is 11.5. The summed E-state index contributed by atoms with van der Waals surface area (Å²) >= 11 is 2.03. The van der Waals surface area contributed by atoms with E-state index in [1.165, 1.54) is 6.42 Å². The number of rotatable bonds is 4. The lowest BCUT2D eigenvalue weighted by molar-refractivity contribution is -0.120. The van der Waals surface area contributed by atoms with E-state index in [0.717, 1.165) is 31.7 Å². The van der Waals surface area contributed by atoms with E-state index in [1.54, 1.807) is 0 Å². The van der Waals surface area contributed by atoms with E-state index in [4.69, 9.17) is 0 Å². The summed E-state index contributed by atoms with van der Waals surface area (Å²) in [5.41, 5.74) is 0. The normalized spacial score (nSPS) is 22.3. The summed E-state index contributed by atoms with van der Waals surface area (Å²) in [5, 5.41) is 0. The van der Waals surface area contributed by atoms with Gasteiger partial charge >= 0.3 is 0 Å². The Balaban J connectivity index is 2.34. The molecule has 0 N–H and O–H groups in total. The summed E-state index contributed by atoms with van der Waals surface area (Å²) in [5.74, 6) is 1.56. The molecule has 1 heterocycles. The Kier molecular flexibility index (Phi) is 5.13. The van der Waals surface area contributed by atoms with Crippen LogP contribution in [0.25, 0.3) is 0 Å².